The molecule has 0 aliphatic carbocycles. The number of nitrogen functional groups attached to an aromatic ring is 1. The number of fused-ring (bicyclic) bond motifs is 1. The van der Waals surface area contributed by atoms with E-state index in [1.807, 2.05) is 0 Å². The topological polar surface area (TPSA) is 388 Å². The maximum absolute atomic E-state index is 14.1. The molecule has 73 heavy (non-hydrogen) atoms. The standard InChI is InChI=1S/C34H49N9O21P4S5/c1-16-11-42(34(49)40-29(16)46)23-9-17(62-67(52,71)58-14-21-26(64-68(72,73)55-8-4-7-44)27(53-2)31(61-21)41-6-5-22(45)37-33(41)48)20(59-23)13-57-66(51,70)63-18-10-24(60-19(18)12-56-65(50,69)54-3)43-15-36-25-28(43)38-32(35)39-30(25)47/h5-6,11,15,17-21,23-24,26-27,31,44H,4,7-10,12-14H2,1-3H3,(H,50,69)(H,51,70)(H,52,71)(H,72,73)(H,37,45,48)(H,40,46,49)(H3,35,38,39,47)/t17-,18-,19?,20?,21?,23-,24-,26?,27?,31?,65?,66?,67?/m1/s1. The van der Waals surface area contributed by atoms with Crippen LogP contribution < -0.4 is 33.8 Å². The number of aromatic amines is 3. The van der Waals surface area contributed by atoms with Gasteiger partial charge in [-0.3, -0.25) is 52.1 Å². The highest BCUT2D eigenvalue weighted by molar-refractivity contribution is 8.60. The summed E-state index contributed by atoms with van der Waals surface area (Å²) in [6.07, 6.45) is -8.72. The van der Waals surface area contributed by atoms with Crippen LogP contribution in [0.3, 0.4) is 0 Å². The van der Waals surface area contributed by atoms with Crippen LogP contribution in [0.15, 0.2) is 48.8 Å². The molecule has 10 unspecified atom stereocenters. The number of aliphatic hydroxyl groups is 1. The molecule has 39 heteroatoms. The number of thiol groups is 2. The van der Waals surface area contributed by atoms with Gasteiger partial charge in [-0.25, -0.2) is 19.1 Å². The highest BCUT2D eigenvalue weighted by Gasteiger charge is 2.51. The average Bonchev–Trinajstić information content (AvgIpc) is 4.09. The lowest BCUT2D eigenvalue weighted by molar-refractivity contribution is -0.0634. The zero-order valence-corrected chi connectivity index (χ0v) is 46.0. The van der Waals surface area contributed by atoms with E-state index in [4.69, 9.17) is 96.3 Å². The summed E-state index contributed by atoms with van der Waals surface area (Å²) in [6.45, 7) is -13.3. The van der Waals surface area contributed by atoms with E-state index in [-0.39, 0.29) is 55.2 Å². The Labute approximate surface area is 436 Å². The van der Waals surface area contributed by atoms with Gasteiger partial charge >= 0.3 is 31.6 Å². The van der Waals surface area contributed by atoms with Gasteiger partial charge in [0.2, 0.25) is 11.6 Å². The number of anilines is 1. The second kappa shape index (κ2) is 24.2. The van der Waals surface area contributed by atoms with Crippen molar-refractivity contribution in [1.29, 1.82) is 0 Å². The van der Waals surface area contributed by atoms with Gasteiger partial charge in [0.1, 0.15) is 49.1 Å². The number of ether oxygens (including phenoxy) is 4. The molecule has 3 aliphatic heterocycles. The lowest BCUT2D eigenvalue weighted by atomic mass is 10.1. The molecule has 4 aromatic heterocycles. The second-order valence-electron chi connectivity index (χ2n) is 16.0. The quantitative estimate of drug-likeness (QED) is 0.0262. The number of rotatable bonds is 24. The Bertz CT molecular complexity index is 3140. The Morgan fingerprint density at radius 1 is 0.808 bits per heavy atom. The number of imidazole rings is 1. The van der Waals surface area contributed by atoms with Gasteiger partial charge in [0.05, 0.1) is 38.9 Å². The number of aryl methyl sites for hydroxylation is 1. The Kier molecular flexibility index (Phi) is 19.4. The van der Waals surface area contributed by atoms with Crippen molar-refractivity contribution in [3.05, 3.63) is 82.4 Å². The molecule has 406 valence electrons. The van der Waals surface area contributed by atoms with Gasteiger partial charge in [-0.05, 0) is 48.8 Å². The molecular formula is C34H49N9O21P4S5. The second-order valence-corrected chi connectivity index (χ2v) is 29.8. The maximum Gasteiger partial charge on any atom is 0.386 e. The normalized spacial score (nSPS) is 28.7. The monoisotopic (exact) mass is 1200 g/mol. The molecule has 3 saturated heterocycles. The number of nitrogens with zero attached hydrogens (tertiary/aromatic N) is 5. The van der Waals surface area contributed by atoms with Crippen LogP contribution in [0.1, 0.15) is 43.5 Å². The minimum absolute atomic E-state index is 0.0313. The molecule has 3 aliphatic rings. The zero-order valence-electron chi connectivity index (χ0n) is 38.2. The van der Waals surface area contributed by atoms with E-state index in [0.29, 0.717) is 0 Å². The zero-order chi connectivity index (χ0) is 53.2. The van der Waals surface area contributed by atoms with Crippen LogP contribution in [0.5, 0.6) is 0 Å². The molecule has 0 spiro atoms. The van der Waals surface area contributed by atoms with E-state index >= 15 is 0 Å². The van der Waals surface area contributed by atoms with Crippen LogP contribution in [0.4, 0.5) is 5.95 Å². The van der Waals surface area contributed by atoms with Crippen LogP contribution in [-0.2, 0) is 95.1 Å². The molecular weight excluding hydrogens is 1150 g/mol. The summed E-state index contributed by atoms with van der Waals surface area (Å²) < 4.78 is 87.2. The first-order valence-corrected chi connectivity index (χ1v) is 32.9. The summed E-state index contributed by atoms with van der Waals surface area (Å²) >= 11 is 24.5. The smallest absolute Gasteiger partial charge is 0.386 e. The fraction of sp³-hybridized carbons (Fsp3) is 0.618. The molecule has 8 N–H and O–H groups in total. The SMILES string of the molecule is COC1C(OP(=S)(S)OCCCO)C(COP(O)(=S)O[C@@H]2C[C@H](n3cc(C)c(=O)[nH]c3=O)OC2COP(=O)(S)O[C@@H]2C[C@H](n3cnc4c(=O)[nH]c(N)nc43)OC2COP(O)(=S)OC)OC1n1ccc(=O)[nH]c1=O. The first-order chi connectivity index (χ1) is 34.3. The molecule has 30 nitrogen and oxygen atoms in total. The van der Waals surface area contributed by atoms with Crippen LogP contribution in [-0.4, -0.2) is 143 Å². The predicted molar refractivity (Wildman–Crippen MR) is 272 cm³/mol. The molecule has 0 bridgehead atoms. The Morgan fingerprint density at radius 2 is 1.44 bits per heavy atom. The minimum atomic E-state index is -4.52. The highest BCUT2D eigenvalue weighted by Crippen LogP contribution is 2.59. The molecule has 0 amide bonds. The fourth-order valence-corrected chi connectivity index (χ4v) is 13.4. The van der Waals surface area contributed by atoms with Crippen molar-refractivity contribution >= 4 is 103 Å². The molecule has 7 rings (SSSR count). The summed E-state index contributed by atoms with van der Waals surface area (Å²) in [5, 5.41) is 9.27. The van der Waals surface area contributed by atoms with Gasteiger partial charge in [0.15, 0.2) is 17.4 Å². The predicted octanol–water partition coefficient (Wildman–Crippen LogP) is 0.475. The van der Waals surface area contributed by atoms with E-state index in [2.05, 4.69) is 49.4 Å². The van der Waals surface area contributed by atoms with Gasteiger partial charge in [-0.1, -0.05) is 24.5 Å². The van der Waals surface area contributed by atoms with E-state index in [1.165, 1.54) is 31.1 Å². The Hall–Kier alpha value is -2.21. The van der Waals surface area contributed by atoms with Gasteiger partial charge < -0.3 is 66.7 Å². The van der Waals surface area contributed by atoms with Crippen molar-refractivity contribution in [3.63, 3.8) is 0 Å². The third kappa shape index (κ3) is 14.7. The molecule has 7 heterocycles. The lowest BCUT2D eigenvalue weighted by Gasteiger charge is -2.29. The van der Waals surface area contributed by atoms with Crippen LogP contribution in [0.2, 0.25) is 0 Å². The van der Waals surface area contributed by atoms with Gasteiger partial charge in [-0.2, -0.15) is 4.98 Å². The number of hydrogen-bond acceptors (Lipinski definition) is 25. The fourth-order valence-electron chi connectivity index (χ4n) is 7.68. The minimum Gasteiger partial charge on any atom is -0.396 e. The molecule has 0 saturated carbocycles. The van der Waals surface area contributed by atoms with Crippen molar-refractivity contribution in [3.8, 4) is 0 Å². The van der Waals surface area contributed by atoms with Crippen molar-refractivity contribution in [1.82, 2.24) is 38.6 Å². The van der Waals surface area contributed by atoms with Gasteiger partial charge in [0, 0.05) is 57.7 Å². The van der Waals surface area contributed by atoms with Crippen LogP contribution in [0, 0.1) is 6.92 Å². The molecule has 14 atom stereocenters. The number of nitrogens with one attached hydrogen (secondary N) is 3. The summed E-state index contributed by atoms with van der Waals surface area (Å²) in [4.78, 5) is 99.5. The summed E-state index contributed by atoms with van der Waals surface area (Å²) in [7, 11) is 2.42. The number of methoxy groups -OCH3 is 1. The van der Waals surface area contributed by atoms with Crippen LogP contribution in [0.25, 0.3) is 11.2 Å². The summed E-state index contributed by atoms with van der Waals surface area (Å²) in [5.41, 5.74) is -1.28. The Morgan fingerprint density at radius 3 is 2.10 bits per heavy atom. The molecule has 3 fully saturated rings. The number of aromatic nitrogens is 8. The summed E-state index contributed by atoms with van der Waals surface area (Å²) in [5.74, 6) is -0.212. The lowest BCUT2D eigenvalue weighted by Crippen LogP contribution is -2.39. The van der Waals surface area contributed by atoms with E-state index in [1.54, 1.807) is 0 Å². The average molecular weight is 1200 g/mol. The first kappa shape index (κ1) is 58.5. The van der Waals surface area contributed by atoms with Crippen LogP contribution >= 0.6 is 50.4 Å². The van der Waals surface area contributed by atoms with Crippen molar-refractivity contribution in [2.45, 2.75) is 87.6 Å². The van der Waals surface area contributed by atoms with E-state index in [0.717, 1.165) is 28.5 Å². The number of hydrogen-bond donors (Lipinski definition) is 9. The molecule has 0 radical (unpaired) electrons. The number of H-pyrrole nitrogens is 3. The highest BCUT2D eigenvalue weighted by atomic mass is 32.9. The molecule has 4 aromatic rings. The third-order valence-electron chi connectivity index (χ3n) is 11.0. The largest absolute Gasteiger partial charge is 0.396 e. The van der Waals surface area contributed by atoms with E-state index in [9.17, 15) is 43.4 Å². The number of nitrogens with two attached hydrogens (primary N) is 1. The van der Waals surface area contributed by atoms with Gasteiger partial charge in [0.25, 0.3) is 16.7 Å². The maximum atomic E-state index is 14.1. The van der Waals surface area contributed by atoms with Crippen molar-refractivity contribution < 1.29 is 74.6 Å². The first-order valence-electron chi connectivity index (χ1n) is 21.3. The number of aliphatic hydroxyl groups excluding tert-OH is 1. The van der Waals surface area contributed by atoms with Crippen molar-refractivity contribution in [2.75, 3.05) is 53.0 Å². The van der Waals surface area contributed by atoms with Gasteiger partial charge in [-0.15, -0.1) is 0 Å². The summed E-state index contributed by atoms with van der Waals surface area (Å²) in [6, 6.07) is 1.07. The van der Waals surface area contributed by atoms with E-state index < -0.39 is 135 Å². The molecule has 0 aromatic carbocycles. The third-order valence-corrected chi connectivity index (χ3v) is 18.2. The Balaban J connectivity index is 1.10. The van der Waals surface area contributed by atoms with Crippen molar-refractivity contribution in [2.24, 2.45) is 0 Å².